The maximum absolute atomic E-state index is 11.6. The molecule has 0 aromatic rings. The minimum absolute atomic E-state index is 0.475. The van der Waals surface area contributed by atoms with Crippen LogP contribution in [-0.2, 0) is 10.2 Å². The van der Waals surface area contributed by atoms with Crippen LogP contribution < -0.4 is 5.73 Å². The van der Waals surface area contributed by atoms with Gasteiger partial charge in [0, 0.05) is 27.2 Å². The van der Waals surface area contributed by atoms with Crippen LogP contribution in [0.15, 0.2) is 0 Å². The predicted molar refractivity (Wildman–Crippen MR) is 53.5 cm³/mol. The first-order valence-corrected chi connectivity index (χ1v) is 5.74. The fourth-order valence-corrected chi connectivity index (χ4v) is 1.99. The van der Waals surface area contributed by atoms with E-state index in [2.05, 4.69) is 0 Å². The van der Waals surface area contributed by atoms with Gasteiger partial charge in [0.25, 0.3) is 10.2 Å². The van der Waals surface area contributed by atoms with Gasteiger partial charge in [-0.2, -0.15) is 17.0 Å². The third-order valence-corrected chi connectivity index (χ3v) is 3.93. The van der Waals surface area contributed by atoms with Gasteiger partial charge in [-0.1, -0.05) is 6.92 Å². The SMILES string of the molecule is CCN(C)S(=O)(=O)N(C)CCCN. The Bertz CT molecular complexity index is 228. The molecule has 80 valence electrons. The molecule has 0 aliphatic carbocycles. The summed E-state index contributed by atoms with van der Waals surface area (Å²) in [6, 6.07) is 0. The lowest BCUT2D eigenvalue weighted by molar-refractivity contribution is 0.397. The highest BCUT2D eigenvalue weighted by Crippen LogP contribution is 2.03. The van der Waals surface area contributed by atoms with Crippen molar-refractivity contribution >= 4 is 10.2 Å². The summed E-state index contributed by atoms with van der Waals surface area (Å²) < 4.78 is 25.8. The minimum atomic E-state index is -3.25. The largest absolute Gasteiger partial charge is 0.330 e. The second-order valence-corrected chi connectivity index (χ2v) is 5.03. The summed E-state index contributed by atoms with van der Waals surface area (Å²) in [6.45, 7) is 3.27. The molecule has 0 fully saturated rings. The summed E-state index contributed by atoms with van der Waals surface area (Å²) in [7, 11) is -0.120. The first-order valence-electron chi connectivity index (χ1n) is 4.34. The summed E-state index contributed by atoms with van der Waals surface area (Å²) in [6.07, 6.45) is 0.688. The van der Waals surface area contributed by atoms with Crippen molar-refractivity contribution in [2.24, 2.45) is 5.73 Å². The molecule has 0 unspecified atom stereocenters. The molecule has 0 radical (unpaired) electrons. The van der Waals surface area contributed by atoms with Gasteiger partial charge >= 0.3 is 0 Å². The van der Waals surface area contributed by atoms with E-state index in [-0.39, 0.29) is 0 Å². The summed E-state index contributed by atoms with van der Waals surface area (Å²) in [5.41, 5.74) is 5.29. The van der Waals surface area contributed by atoms with Crippen LogP contribution in [0, 0.1) is 0 Å². The zero-order valence-electron chi connectivity index (χ0n) is 8.52. The average molecular weight is 209 g/mol. The van der Waals surface area contributed by atoms with Crippen LogP contribution in [0.4, 0.5) is 0 Å². The monoisotopic (exact) mass is 209 g/mol. The first kappa shape index (κ1) is 12.8. The first-order chi connectivity index (χ1) is 5.96. The molecule has 0 aliphatic heterocycles. The average Bonchev–Trinajstić information content (AvgIpc) is 2.12. The highest BCUT2D eigenvalue weighted by molar-refractivity contribution is 7.86. The lowest BCUT2D eigenvalue weighted by atomic mass is 10.4. The van der Waals surface area contributed by atoms with Crippen molar-refractivity contribution in [3.63, 3.8) is 0 Å². The Morgan fingerprint density at radius 1 is 1.23 bits per heavy atom. The number of nitrogens with zero attached hydrogens (tertiary/aromatic N) is 2. The van der Waals surface area contributed by atoms with Crippen LogP contribution in [0.2, 0.25) is 0 Å². The summed E-state index contributed by atoms with van der Waals surface area (Å²) in [5.74, 6) is 0. The molecule has 0 rings (SSSR count). The Labute approximate surface area is 80.7 Å². The maximum atomic E-state index is 11.6. The molecule has 0 saturated carbocycles. The number of nitrogens with two attached hydrogens (primary N) is 1. The molecular weight excluding hydrogens is 190 g/mol. The molecule has 0 amide bonds. The molecule has 5 nitrogen and oxygen atoms in total. The van der Waals surface area contributed by atoms with Crippen molar-refractivity contribution in [3.05, 3.63) is 0 Å². The van der Waals surface area contributed by atoms with Crippen molar-refractivity contribution in [2.45, 2.75) is 13.3 Å². The van der Waals surface area contributed by atoms with Gasteiger partial charge in [0.1, 0.15) is 0 Å². The fourth-order valence-electron chi connectivity index (χ4n) is 0.830. The quantitative estimate of drug-likeness (QED) is 0.639. The van der Waals surface area contributed by atoms with Crippen LogP contribution >= 0.6 is 0 Å². The third kappa shape index (κ3) is 3.60. The lowest BCUT2D eigenvalue weighted by Crippen LogP contribution is -2.40. The molecule has 13 heavy (non-hydrogen) atoms. The van der Waals surface area contributed by atoms with Crippen LogP contribution in [0.3, 0.4) is 0 Å². The Balaban J connectivity index is 4.28. The number of hydrogen-bond acceptors (Lipinski definition) is 3. The van der Waals surface area contributed by atoms with Crippen LogP contribution in [0.25, 0.3) is 0 Å². The second-order valence-electron chi connectivity index (χ2n) is 2.89. The van der Waals surface area contributed by atoms with Crippen molar-refractivity contribution < 1.29 is 8.42 Å². The van der Waals surface area contributed by atoms with E-state index in [1.807, 2.05) is 0 Å². The van der Waals surface area contributed by atoms with Gasteiger partial charge in [-0.05, 0) is 13.0 Å². The van der Waals surface area contributed by atoms with Crippen LogP contribution in [0.1, 0.15) is 13.3 Å². The summed E-state index contributed by atoms with van der Waals surface area (Å²) in [4.78, 5) is 0. The van der Waals surface area contributed by atoms with E-state index in [1.54, 1.807) is 21.0 Å². The number of hydrogen-bond donors (Lipinski definition) is 1. The summed E-state index contributed by atoms with van der Waals surface area (Å²) in [5, 5.41) is 0. The normalized spacial score (nSPS) is 12.8. The van der Waals surface area contributed by atoms with Crippen molar-refractivity contribution in [1.29, 1.82) is 0 Å². The van der Waals surface area contributed by atoms with E-state index in [0.29, 0.717) is 26.1 Å². The van der Waals surface area contributed by atoms with Crippen molar-refractivity contribution in [3.8, 4) is 0 Å². The van der Waals surface area contributed by atoms with Gasteiger partial charge in [0.2, 0.25) is 0 Å². The van der Waals surface area contributed by atoms with E-state index in [0.717, 1.165) is 0 Å². The Kier molecular flexibility index (Phi) is 5.46. The number of rotatable bonds is 6. The van der Waals surface area contributed by atoms with Gasteiger partial charge in [-0.25, -0.2) is 0 Å². The van der Waals surface area contributed by atoms with Crippen LogP contribution in [-0.4, -0.2) is 50.8 Å². The van der Waals surface area contributed by atoms with E-state index in [4.69, 9.17) is 5.73 Å². The molecule has 0 aromatic carbocycles. The highest BCUT2D eigenvalue weighted by atomic mass is 32.2. The highest BCUT2D eigenvalue weighted by Gasteiger charge is 2.21. The van der Waals surface area contributed by atoms with E-state index < -0.39 is 10.2 Å². The smallest absolute Gasteiger partial charge is 0.281 e. The van der Waals surface area contributed by atoms with Gasteiger partial charge in [0.05, 0.1) is 0 Å². The molecule has 0 aromatic heterocycles. The Morgan fingerprint density at radius 3 is 2.15 bits per heavy atom. The van der Waals surface area contributed by atoms with Gasteiger partial charge < -0.3 is 5.73 Å². The van der Waals surface area contributed by atoms with E-state index in [9.17, 15) is 8.42 Å². The topological polar surface area (TPSA) is 66.6 Å². The molecule has 2 N–H and O–H groups in total. The molecule has 0 atom stereocenters. The fraction of sp³-hybridized carbons (Fsp3) is 1.00. The molecule has 0 saturated heterocycles. The van der Waals surface area contributed by atoms with Crippen LogP contribution in [0.5, 0.6) is 0 Å². The lowest BCUT2D eigenvalue weighted by Gasteiger charge is -2.22. The molecule has 0 bridgehead atoms. The molecule has 0 aliphatic rings. The maximum Gasteiger partial charge on any atom is 0.281 e. The van der Waals surface area contributed by atoms with Gasteiger partial charge in [-0.3, -0.25) is 0 Å². The third-order valence-electron chi connectivity index (χ3n) is 1.91. The predicted octanol–water partition coefficient (Wildman–Crippen LogP) is -0.536. The Morgan fingerprint density at radius 2 is 1.77 bits per heavy atom. The molecule has 6 heteroatoms. The standard InChI is InChI=1S/C7H19N3O2S/c1-4-9(2)13(11,12)10(3)7-5-6-8/h4-8H2,1-3H3. The van der Waals surface area contributed by atoms with Gasteiger partial charge in [-0.15, -0.1) is 0 Å². The van der Waals surface area contributed by atoms with Crippen molar-refractivity contribution in [1.82, 2.24) is 8.61 Å². The minimum Gasteiger partial charge on any atom is -0.330 e. The van der Waals surface area contributed by atoms with E-state index >= 15 is 0 Å². The van der Waals surface area contributed by atoms with E-state index in [1.165, 1.54) is 8.61 Å². The summed E-state index contributed by atoms with van der Waals surface area (Å²) >= 11 is 0. The van der Waals surface area contributed by atoms with Crippen molar-refractivity contribution in [2.75, 3.05) is 33.7 Å². The molecular formula is C7H19N3O2S. The zero-order chi connectivity index (χ0) is 10.5. The van der Waals surface area contributed by atoms with Gasteiger partial charge in [0.15, 0.2) is 0 Å². The molecule has 0 heterocycles. The zero-order valence-corrected chi connectivity index (χ0v) is 9.34. The molecule has 0 spiro atoms. The Hall–Kier alpha value is -0.170. The second kappa shape index (κ2) is 5.54.